The fraction of sp³-hybridized carbons (Fsp3) is 0.320. The van der Waals surface area contributed by atoms with Gasteiger partial charge in [-0.3, -0.25) is 33.8 Å². The molecule has 7 nitrogen and oxygen atoms in total. The van der Waals surface area contributed by atoms with Crippen LogP contribution in [0.1, 0.15) is 81.0 Å². The lowest BCUT2D eigenvalue weighted by atomic mass is 10.0. The summed E-state index contributed by atoms with van der Waals surface area (Å²) in [5.41, 5.74) is 1.58. The maximum atomic E-state index is 12.6. The zero-order chi connectivity index (χ0) is 23.0. The maximum absolute atomic E-state index is 12.6. The van der Waals surface area contributed by atoms with Gasteiger partial charge in [-0.15, -0.1) is 0 Å². The van der Waals surface area contributed by atoms with Gasteiger partial charge in [0.25, 0.3) is 23.6 Å². The molecule has 4 amide bonds. The van der Waals surface area contributed by atoms with Crippen molar-refractivity contribution in [3.63, 3.8) is 0 Å². The molecule has 0 N–H and O–H groups in total. The highest BCUT2D eigenvalue weighted by atomic mass is 16.2. The third-order valence-electron chi connectivity index (χ3n) is 6.21. The monoisotopic (exact) mass is 432 g/mol. The number of imide groups is 2. The molecule has 0 saturated carbocycles. The summed E-state index contributed by atoms with van der Waals surface area (Å²) in [6, 6.07) is 12.6. The van der Waals surface area contributed by atoms with E-state index in [4.69, 9.17) is 0 Å². The van der Waals surface area contributed by atoms with E-state index in [9.17, 15) is 24.0 Å². The molecule has 0 aromatic heterocycles. The molecular formula is C25H24N2O5. The number of carbonyl (C=O) groups is 5. The summed E-state index contributed by atoms with van der Waals surface area (Å²) in [7, 11) is 0. The van der Waals surface area contributed by atoms with E-state index in [1.54, 1.807) is 62.4 Å². The van der Waals surface area contributed by atoms with Crippen molar-refractivity contribution in [1.29, 1.82) is 0 Å². The molecule has 0 aliphatic carbocycles. The molecule has 0 saturated heterocycles. The number of Topliss-reactive ketones (excluding diaryl/α,β-unsaturated/α-hetero) is 1. The molecule has 0 spiro atoms. The zero-order valence-electron chi connectivity index (χ0n) is 18.0. The van der Waals surface area contributed by atoms with Crippen molar-refractivity contribution in [3.05, 3.63) is 70.8 Å². The second kappa shape index (κ2) is 8.49. The van der Waals surface area contributed by atoms with Gasteiger partial charge in [0, 0.05) is 24.9 Å². The summed E-state index contributed by atoms with van der Waals surface area (Å²) in [6.07, 6.45) is 1.16. The predicted octanol–water partition coefficient (Wildman–Crippen LogP) is 3.49. The van der Waals surface area contributed by atoms with Crippen LogP contribution in [-0.4, -0.2) is 51.3 Å². The van der Waals surface area contributed by atoms with Gasteiger partial charge in [0.1, 0.15) is 5.78 Å². The average molecular weight is 432 g/mol. The first kappa shape index (κ1) is 21.6. The van der Waals surface area contributed by atoms with Crippen LogP contribution < -0.4 is 0 Å². The number of benzene rings is 2. The van der Waals surface area contributed by atoms with Gasteiger partial charge in [-0.05, 0) is 51.0 Å². The normalized spacial score (nSPS) is 16.9. The Bertz CT molecular complexity index is 981. The van der Waals surface area contributed by atoms with Crippen LogP contribution in [0.4, 0.5) is 0 Å². The summed E-state index contributed by atoms with van der Waals surface area (Å²) in [5, 5.41) is 0. The van der Waals surface area contributed by atoms with Crippen LogP contribution >= 0.6 is 0 Å². The molecule has 2 unspecified atom stereocenters. The Balaban J connectivity index is 1.29. The summed E-state index contributed by atoms with van der Waals surface area (Å²) in [4.78, 5) is 65.2. The van der Waals surface area contributed by atoms with E-state index >= 15 is 0 Å². The van der Waals surface area contributed by atoms with Crippen molar-refractivity contribution in [2.75, 3.05) is 0 Å². The minimum absolute atomic E-state index is 0.0306. The molecule has 0 radical (unpaired) electrons. The van der Waals surface area contributed by atoms with Crippen LogP contribution in [-0.2, 0) is 4.79 Å². The third-order valence-corrected chi connectivity index (χ3v) is 6.21. The Morgan fingerprint density at radius 3 is 1.19 bits per heavy atom. The average Bonchev–Trinajstić information content (AvgIpc) is 3.21. The molecule has 2 heterocycles. The van der Waals surface area contributed by atoms with Gasteiger partial charge < -0.3 is 0 Å². The highest BCUT2D eigenvalue weighted by Gasteiger charge is 2.39. The molecule has 0 fully saturated rings. The van der Waals surface area contributed by atoms with Gasteiger partial charge in [-0.25, -0.2) is 0 Å². The quantitative estimate of drug-likeness (QED) is 0.596. The lowest BCUT2D eigenvalue weighted by Crippen LogP contribution is -2.39. The van der Waals surface area contributed by atoms with Gasteiger partial charge in [-0.1, -0.05) is 24.3 Å². The molecule has 0 bridgehead atoms. The number of ketones is 1. The first-order chi connectivity index (χ1) is 15.3. The molecule has 7 heteroatoms. The summed E-state index contributed by atoms with van der Waals surface area (Å²) >= 11 is 0. The predicted molar refractivity (Wildman–Crippen MR) is 116 cm³/mol. The Morgan fingerprint density at radius 2 is 0.906 bits per heavy atom. The zero-order valence-corrected chi connectivity index (χ0v) is 18.0. The number of rotatable bonds is 8. The first-order valence-corrected chi connectivity index (χ1v) is 10.8. The molecule has 2 aromatic rings. The van der Waals surface area contributed by atoms with Crippen LogP contribution in [0.2, 0.25) is 0 Å². The van der Waals surface area contributed by atoms with E-state index in [-0.39, 0.29) is 42.3 Å². The minimum atomic E-state index is -0.403. The van der Waals surface area contributed by atoms with Crippen molar-refractivity contribution < 1.29 is 24.0 Å². The first-order valence-electron chi connectivity index (χ1n) is 10.8. The molecule has 4 rings (SSSR count). The van der Waals surface area contributed by atoms with E-state index in [1.165, 1.54) is 9.80 Å². The van der Waals surface area contributed by atoms with Crippen LogP contribution in [0.25, 0.3) is 0 Å². The Kier molecular flexibility index (Phi) is 5.74. The van der Waals surface area contributed by atoms with Gasteiger partial charge in [-0.2, -0.15) is 0 Å². The largest absolute Gasteiger partial charge is 0.300 e. The van der Waals surface area contributed by atoms with Crippen molar-refractivity contribution in [1.82, 2.24) is 9.80 Å². The highest BCUT2D eigenvalue weighted by Crippen LogP contribution is 2.27. The SMILES string of the molecule is CC(CCC(=O)CCC(C)N1C(=O)c2ccccc2C1=O)N1C(=O)c2ccccc2C1=O. The molecule has 32 heavy (non-hydrogen) atoms. The lowest BCUT2D eigenvalue weighted by Gasteiger charge is -2.23. The number of carbonyl (C=O) groups excluding carboxylic acids is 5. The van der Waals surface area contributed by atoms with Crippen molar-refractivity contribution in [2.45, 2.75) is 51.6 Å². The molecule has 2 aromatic carbocycles. The van der Waals surface area contributed by atoms with Crippen LogP contribution in [0.3, 0.4) is 0 Å². The molecule has 164 valence electrons. The number of nitrogens with zero attached hydrogens (tertiary/aromatic N) is 2. The van der Waals surface area contributed by atoms with E-state index in [0.717, 1.165) is 0 Å². The Hall–Kier alpha value is -3.61. The molecule has 2 aliphatic rings. The summed E-state index contributed by atoms with van der Waals surface area (Å²) in [5.74, 6) is -1.35. The highest BCUT2D eigenvalue weighted by molar-refractivity contribution is 6.22. The van der Waals surface area contributed by atoms with Gasteiger partial charge in [0.2, 0.25) is 0 Å². The number of hydrogen-bond donors (Lipinski definition) is 0. The van der Waals surface area contributed by atoms with Crippen LogP contribution in [0.15, 0.2) is 48.5 Å². The Morgan fingerprint density at radius 1 is 0.625 bits per heavy atom. The standard InChI is InChI=1S/C25H24N2O5/c1-15(26-22(29)18-7-3-4-8-19(18)23(26)30)11-13-17(28)14-12-16(2)27-24(31)20-9-5-6-10-21(20)25(27)32/h3-10,15-16H,11-14H2,1-2H3. The maximum Gasteiger partial charge on any atom is 0.261 e. The molecular weight excluding hydrogens is 408 g/mol. The van der Waals surface area contributed by atoms with Crippen molar-refractivity contribution in [3.8, 4) is 0 Å². The summed E-state index contributed by atoms with van der Waals surface area (Å²) in [6.45, 7) is 3.52. The number of amides is 4. The van der Waals surface area contributed by atoms with E-state index < -0.39 is 12.1 Å². The second-order valence-electron chi connectivity index (χ2n) is 8.37. The van der Waals surface area contributed by atoms with E-state index in [0.29, 0.717) is 35.1 Å². The fourth-order valence-corrected chi connectivity index (χ4v) is 4.34. The summed E-state index contributed by atoms with van der Waals surface area (Å²) < 4.78 is 0. The molecule has 2 aliphatic heterocycles. The van der Waals surface area contributed by atoms with Gasteiger partial charge in [0.05, 0.1) is 22.3 Å². The number of hydrogen-bond acceptors (Lipinski definition) is 5. The third kappa shape index (κ3) is 3.64. The fourth-order valence-electron chi connectivity index (χ4n) is 4.34. The minimum Gasteiger partial charge on any atom is -0.300 e. The second-order valence-corrected chi connectivity index (χ2v) is 8.37. The van der Waals surface area contributed by atoms with Crippen LogP contribution in [0.5, 0.6) is 0 Å². The Labute approximate surface area is 186 Å². The van der Waals surface area contributed by atoms with Gasteiger partial charge >= 0.3 is 0 Å². The smallest absolute Gasteiger partial charge is 0.261 e. The topological polar surface area (TPSA) is 91.8 Å². The van der Waals surface area contributed by atoms with Gasteiger partial charge in [0.15, 0.2) is 0 Å². The van der Waals surface area contributed by atoms with Crippen molar-refractivity contribution in [2.24, 2.45) is 0 Å². The molecule has 2 atom stereocenters. The van der Waals surface area contributed by atoms with E-state index in [1.807, 2.05) is 0 Å². The van der Waals surface area contributed by atoms with E-state index in [2.05, 4.69) is 0 Å². The van der Waals surface area contributed by atoms with Crippen molar-refractivity contribution >= 4 is 29.4 Å². The van der Waals surface area contributed by atoms with Crippen LogP contribution in [0, 0.1) is 0 Å². The number of fused-ring (bicyclic) bond motifs is 2. The lowest BCUT2D eigenvalue weighted by molar-refractivity contribution is -0.119.